The molecule has 1 aliphatic rings. The van der Waals surface area contributed by atoms with Crippen molar-refractivity contribution in [3.8, 4) is 0 Å². The number of aliphatic hydroxyl groups is 1. The van der Waals surface area contributed by atoms with Crippen molar-refractivity contribution in [1.82, 2.24) is 30.3 Å². The molecular weight excluding hydrogens is 560 g/mol. The summed E-state index contributed by atoms with van der Waals surface area (Å²) in [5.74, 6) is -0.947. The molecule has 3 aromatic rings. The molecule has 12 heteroatoms. The Kier molecular flexibility index (Phi) is 10.1. The van der Waals surface area contributed by atoms with E-state index in [0.29, 0.717) is 11.7 Å². The van der Waals surface area contributed by atoms with Crippen molar-refractivity contribution >= 4 is 41.2 Å². The SMILES string of the molecule is Cc1ccccc1CNC(=O)[C@H]1N(C(=O)[C@@H](O)[C@H](Cc2ccccc2)NC(=O)CSc2nncn2C)CSC1(C)C. The average Bonchev–Trinajstić information content (AvgIpc) is 3.51. The van der Waals surface area contributed by atoms with Gasteiger partial charge in [-0.15, -0.1) is 22.0 Å². The molecule has 0 unspecified atom stereocenters. The van der Waals surface area contributed by atoms with Crippen LogP contribution in [0.1, 0.15) is 30.5 Å². The number of aliphatic hydroxyl groups excluding tert-OH is 1. The standard InChI is InChI=1S/C29H36N6O4S2/c1-19-10-8-9-13-21(19)15-30-26(38)25-29(2,3)41-18-35(25)27(39)24(37)22(14-20-11-6-5-7-12-20)32-23(36)16-40-28-33-31-17-34(28)4/h5-13,17,22,24-25,37H,14-16,18H2,1-4H3,(H,30,38)(H,32,36)/t22-,24-,25+/m0/s1. The van der Waals surface area contributed by atoms with Gasteiger partial charge in [0.05, 0.1) is 17.7 Å². The van der Waals surface area contributed by atoms with Gasteiger partial charge in [-0.05, 0) is 43.9 Å². The Balaban J connectivity index is 1.48. The lowest BCUT2D eigenvalue weighted by Crippen LogP contribution is -2.58. The molecule has 41 heavy (non-hydrogen) atoms. The summed E-state index contributed by atoms with van der Waals surface area (Å²) in [4.78, 5) is 41.6. The van der Waals surface area contributed by atoms with Crippen molar-refractivity contribution in [2.45, 2.75) is 61.8 Å². The third-order valence-corrected chi connectivity index (χ3v) is 9.48. The lowest BCUT2D eigenvalue weighted by atomic mass is 9.97. The second-order valence-electron chi connectivity index (χ2n) is 10.6. The first kappa shape index (κ1) is 30.6. The van der Waals surface area contributed by atoms with Gasteiger partial charge in [-0.1, -0.05) is 66.4 Å². The van der Waals surface area contributed by atoms with Crippen molar-refractivity contribution in [3.63, 3.8) is 0 Å². The molecule has 0 radical (unpaired) electrons. The summed E-state index contributed by atoms with van der Waals surface area (Å²) >= 11 is 2.69. The highest BCUT2D eigenvalue weighted by Gasteiger charge is 2.49. The van der Waals surface area contributed by atoms with Gasteiger partial charge in [0.1, 0.15) is 12.4 Å². The highest BCUT2D eigenvalue weighted by atomic mass is 32.2. The van der Waals surface area contributed by atoms with Crippen LogP contribution in [0.15, 0.2) is 66.1 Å². The lowest BCUT2D eigenvalue weighted by molar-refractivity contribution is -0.147. The molecule has 0 aliphatic carbocycles. The lowest BCUT2D eigenvalue weighted by Gasteiger charge is -2.33. The topological polar surface area (TPSA) is 129 Å². The number of hydrogen-bond acceptors (Lipinski definition) is 8. The molecule has 1 aromatic heterocycles. The molecular formula is C29H36N6O4S2. The minimum Gasteiger partial charge on any atom is -0.381 e. The van der Waals surface area contributed by atoms with Gasteiger partial charge in [-0.3, -0.25) is 14.4 Å². The molecule has 3 N–H and O–H groups in total. The van der Waals surface area contributed by atoms with Crippen molar-refractivity contribution in [2.75, 3.05) is 11.6 Å². The fourth-order valence-electron chi connectivity index (χ4n) is 4.73. The van der Waals surface area contributed by atoms with E-state index < -0.39 is 28.8 Å². The average molecular weight is 597 g/mol. The van der Waals surface area contributed by atoms with Crippen LogP contribution in [0.5, 0.6) is 0 Å². The monoisotopic (exact) mass is 596 g/mol. The number of benzene rings is 2. The first-order valence-corrected chi connectivity index (χ1v) is 15.3. The number of nitrogens with zero attached hydrogens (tertiary/aromatic N) is 4. The molecule has 218 valence electrons. The number of carbonyl (C=O) groups excluding carboxylic acids is 3. The Hall–Kier alpha value is -3.35. The Labute approximate surface area is 248 Å². The van der Waals surface area contributed by atoms with Crippen molar-refractivity contribution in [1.29, 1.82) is 0 Å². The Morgan fingerprint density at radius 2 is 1.85 bits per heavy atom. The van der Waals surface area contributed by atoms with Crippen molar-refractivity contribution < 1.29 is 19.5 Å². The minimum absolute atomic E-state index is 0.0370. The number of nitrogens with one attached hydrogen (secondary N) is 2. The Bertz CT molecular complexity index is 1370. The number of hydrogen-bond donors (Lipinski definition) is 3. The summed E-state index contributed by atoms with van der Waals surface area (Å²) in [6, 6.07) is 15.5. The third kappa shape index (κ3) is 7.69. The van der Waals surface area contributed by atoms with Crippen LogP contribution in [0, 0.1) is 6.92 Å². The number of amides is 3. The molecule has 3 atom stereocenters. The predicted octanol–water partition coefficient (Wildman–Crippen LogP) is 2.30. The van der Waals surface area contributed by atoms with Gasteiger partial charge in [-0.2, -0.15) is 0 Å². The first-order valence-electron chi connectivity index (χ1n) is 13.3. The minimum atomic E-state index is -1.56. The normalized spacial score (nSPS) is 17.6. The van der Waals surface area contributed by atoms with Crippen LogP contribution in [-0.4, -0.2) is 77.1 Å². The van der Waals surface area contributed by atoms with Gasteiger partial charge < -0.3 is 25.2 Å². The van der Waals surface area contributed by atoms with Crippen molar-refractivity contribution in [2.24, 2.45) is 7.05 Å². The summed E-state index contributed by atoms with van der Waals surface area (Å²) < 4.78 is 1.13. The summed E-state index contributed by atoms with van der Waals surface area (Å²) in [7, 11) is 1.78. The number of aryl methyl sites for hydroxylation is 2. The number of carbonyl (C=O) groups is 3. The van der Waals surface area contributed by atoms with Gasteiger partial charge in [0, 0.05) is 18.3 Å². The molecule has 2 aromatic carbocycles. The molecule has 1 saturated heterocycles. The molecule has 2 heterocycles. The summed E-state index contributed by atoms with van der Waals surface area (Å²) in [5, 5.41) is 25.6. The molecule has 1 aliphatic heterocycles. The van der Waals surface area contributed by atoms with E-state index in [0.717, 1.165) is 16.7 Å². The zero-order chi connectivity index (χ0) is 29.6. The highest BCUT2D eigenvalue weighted by Crippen LogP contribution is 2.40. The Morgan fingerprint density at radius 3 is 2.54 bits per heavy atom. The van der Waals surface area contributed by atoms with E-state index in [1.165, 1.54) is 28.4 Å². The van der Waals surface area contributed by atoms with Crippen LogP contribution in [0.4, 0.5) is 0 Å². The van der Waals surface area contributed by atoms with E-state index in [1.807, 2.05) is 75.4 Å². The van der Waals surface area contributed by atoms with E-state index in [9.17, 15) is 19.5 Å². The smallest absolute Gasteiger partial charge is 0.254 e. The zero-order valence-electron chi connectivity index (χ0n) is 23.6. The van der Waals surface area contributed by atoms with Gasteiger partial charge in [0.2, 0.25) is 11.8 Å². The van der Waals surface area contributed by atoms with E-state index in [2.05, 4.69) is 20.8 Å². The quantitative estimate of drug-likeness (QED) is 0.288. The molecule has 10 nitrogen and oxygen atoms in total. The summed E-state index contributed by atoms with van der Waals surface area (Å²) in [5.41, 5.74) is 2.91. The van der Waals surface area contributed by atoms with E-state index in [-0.39, 0.29) is 29.9 Å². The molecule has 0 spiro atoms. The zero-order valence-corrected chi connectivity index (χ0v) is 25.2. The van der Waals surface area contributed by atoms with Gasteiger partial charge in [-0.25, -0.2) is 0 Å². The number of thioether (sulfide) groups is 2. The van der Waals surface area contributed by atoms with Crippen LogP contribution >= 0.6 is 23.5 Å². The molecule has 4 rings (SSSR count). The predicted molar refractivity (Wildman–Crippen MR) is 160 cm³/mol. The largest absolute Gasteiger partial charge is 0.381 e. The van der Waals surface area contributed by atoms with E-state index >= 15 is 0 Å². The number of rotatable bonds is 11. The van der Waals surface area contributed by atoms with Crippen LogP contribution in [0.2, 0.25) is 0 Å². The molecule has 3 amide bonds. The molecule has 0 bridgehead atoms. The second-order valence-corrected chi connectivity index (χ2v) is 13.1. The first-order chi connectivity index (χ1) is 19.6. The maximum Gasteiger partial charge on any atom is 0.254 e. The summed E-state index contributed by atoms with van der Waals surface area (Å²) in [6.07, 6.45) is 0.229. The van der Waals surface area contributed by atoms with Crippen LogP contribution in [-0.2, 0) is 34.4 Å². The van der Waals surface area contributed by atoms with Crippen LogP contribution < -0.4 is 10.6 Å². The second kappa shape index (κ2) is 13.5. The molecule has 1 fully saturated rings. The van der Waals surface area contributed by atoms with Crippen LogP contribution in [0.3, 0.4) is 0 Å². The van der Waals surface area contributed by atoms with E-state index in [1.54, 1.807) is 17.9 Å². The molecule has 0 saturated carbocycles. The van der Waals surface area contributed by atoms with E-state index in [4.69, 9.17) is 0 Å². The maximum atomic E-state index is 13.8. The number of aromatic nitrogens is 3. The Morgan fingerprint density at radius 1 is 1.15 bits per heavy atom. The maximum absolute atomic E-state index is 13.8. The van der Waals surface area contributed by atoms with Crippen molar-refractivity contribution in [3.05, 3.63) is 77.6 Å². The van der Waals surface area contributed by atoms with Crippen LogP contribution in [0.25, 0.3) is 0 Å². The van der Waals surface area contributed by atoms with Gasteiger partial charge in [0.15, 0.2) is 11.3 Å². The van der Waals surface area contributed by atoms with Gasteiger partial charge in [0.25, 0.3) is 5.91 Å². The fraction of sp³-hybridized carbons (Fsp3) is 0.414. The summed E-state index contributed by atoms with van der Waals surface area (Å²) in [6.45, 7) is 6.16. The highest BCUT2D eigenvalue weighted by molar-refractivity contribution is 8.01. The fourth-order valence-corrected chi connectivity index (χ4v) is 6.57. The van der Waals surface area contributed by atoms with Gasteiger partial charge >= 0.3 is 0 Å². The third-order valence-electron chi connectivity index (χ3n) is 7.07.